The monoisotopic (exact) mass is 346 g/mol. The summed E-state index contributed by atoms with van der Waals surface area (Å²) < 4.78 is 5.59. The number of carbonyl (C=O) groups excluding carboxylic acids is 1. The SMILES string of the molecule is O=C(CN1CCOc2ccc(Cl)cc21)N[C@H](CO)c1ccccc1. The largest absolute Gasteiger partial charge is 0.490 e. The summed E-state index contributed by atoms with van der Waals surface area (Å²) in [4.78, 5) is 14.3. The summed E-state index contributed by atoms with van der Waals surface area (Å²) in [6.45, 7) is 1.15. The first kappa shape index (κ1) is 16.6. The van der Waals surface area contributed by atoms with Crippen LogP contribution in [-0.2, 0) is 4.79 Å². The molecule has 1 atom stereocenters. The Morgan fingerprint density at radius 3 is 2.83 bits per heavy atom. The van der Waals surface area contributed by atoms with E-state index in [2.05, 4.69) is 5.32 Å². The van der Waals surface area contributed by atoms with E-state index in [-0.39, 0.29) is 19.1 Å². The molecule has 0 fully saturated rings. The Balaban J connectivity index is 1.68. The number of ether oxygens (including phenoxy) is 1. The van der Waals surface area contributed by atoms with Crippen molar-refractivity contribution >= 4 is 23.2 Å². The molecule has 3 rings (SSSR count). The maximum Gasteiger partial charge on any atom is 0.240 e. The lowest BCUT2D eigenvalue weighted by atomic mass is 10.1. The fourth-order valence-electron chi connectivity index (χ4n) is 2.74. The Morgan fingerprint density at radius 1 is 1.29 bits per heavy atom. The number of hydrogen-bond acceptors (Lipinski definition) is 4. The lowest BCUT2D eigenvalue weighted by molar-refractivity contribution is -0.120. The van der Waals surface area contributed by atoms with E-state index in [4.69, 9.17) is 16.3 Å². The number of halogens is 1. The highest BCUT2D eigenvalue weighted by atomic mass is 35.5. The Bertz CT molecular complexity index is 709. The number of benzene rings is 2. The minimum Gasteiger partial charge on any atom is -0.490 e. The summed E-state index contributed by atoms with van der Waals surface area (Å²) in [5.74, 6) is 0.561. The molecule has 24 heavy (non-hydrogen) atoms. The van der Waals surface area contributed by atoms with Gasteiger partial charge in [-0.1, -0.05) is 41.9 Å². The van der Waals surface area contributed by atoms with Crippen LogP contribution >= 0.6 is 11.6 Å². The molecule has 0 aliphatic carbocycles. The van der Waals surface area contributed by atoms with E-state index in [1.54, 1.807) is 12.1 Å². The van der Waals surface area contributed by atoms with Gasteiger partial charge in [0.1, 0.15) is 12.4 Å². The molecule has 6 heteroatoms. The van der Waals surface area contributed by atoms with Crippen LogP contribution < -0.4 is 15.0 Å². The first-order chi connectivity index (χ1) is 11.7. The van der Waals surface area contributed by atoms with Gasteiger partial charge in [0.15, 0.2) is 0 Å². The standard InChI is InChI=1S/C18H19ClN2O3/c19-14-6-7-17-16(10-14)21(8-9-24-17)11-18(23)20-15(12-22)13-4-2-1-3-5-13/h1-7,10,15,22H,8-9,11-12H2,(H,20,23)/t15-/m1/s1. The number of nitrogens with zero attached hydrogens (tertiary/aromatic N) is 1. The Labute approximate surface area is 145 Å². The van der Waals surface area contributed by atoms with Gasteiger partial charge in [0.05, 0.1) is 31.4 Å². The lowest BCUT2D eigenvalue weighted by Crippen LogP contribution is -2.43. The van der Waals surface area contributed by atoms with Crippen LogP contribution in [-0.4, -0.2) is 37.3 Å². The topological polar surface area (TPSA) is 61.8 Å². The molecule has 1 aliphatic heterocycles. The zero-order valence-electron chi connectivity index (χ0n) is 13.1. The smallest absolute Gasteiger partial charge is 0.240 e. The van der Waals surface area contributed by atoms with Crippen LogP contribution in [0.25, 0.3) is 0 Å². The van der Waals surface area contributed by atoms with Crippen LogP contribution in [0.1, 0.15) is 11.6 Å². The number of anilines is 1. The highest BCUT2D eigenvalue weighted by molar-refractivity contribution is 6.31. The van der Waals surface area contributed by atoms with Crippen molar-refractivity contribution in [1.82, 2.24) is 5.32 Å². The van der Waals surface area contributed by atoms with E-state index in [9.17, 15) is 9.90 Å². The summed E-state index contributed by atoms with van der Waals surface area (Å²) in [5, 5.41) is 13.0. The summed E-state index contributed by atoms with van der Waals surface area (Å²) in [6.07, 6.45) is 0. The zero-order chi connectivity index (χ0) is 16.9. The Morgan fingerprint density at radius 2 is 2.08 bits per heavy atom. The van der Waals surface area contributed by atoms with Crippen molar-refractivity contribution in [2.45, 2.75) is 6.04 Å². The number of nitrogens with one attached hydrogen (secondary N) is 1. The summed E-state index contributed by atoms with van der Waals surface area (Å²) >= 11 is 6.05. The minimum absolute atomic E-state index is 0.152. The summed E-state index contributed by atoms with van der Waals surface area (Å²) in [6, 6.07) is 14.4. The van der Waals surface area contributed by atoms with Crippen LogP contribution in [0.2, 0.25) is 5.02 Å². The molecule has 2 aromatic rings. The van der Waals surface area contributed by atoms with Gasteiger partial charge in [-0.3, -0.25) is 4.79 Å². The second-order valence-electron chi connectivity index (χ2n) is 5.60. The van der Waals surface area contributed by atoms with E-state index in [1.165, 1.54) is 0 Å². The van der Waals surface area contributed by atoms with Crippen molar-refractivity contribution in [2.75, 3.05) is 31.2 Å². The van der Waals surface area contributed by atoms with E-state index in [0.29, 0.717) is 18.2 Å². The molecule has 5 nitrogen and oxygen atoms in total. The molecule has 0 spiro atoms. The maximum atomic E-state index is 12.4. The first-order valence-electron chi connectivity index (χ1n) is 7.80. The third-order valence-electron chi connectivity index (χ3n) is 3.93. The molecular weight excluding hydrogens is 328 g/mol. The maximum absolute atomic E-state index is 12.4. The number of fused-ring (bicyclic) bond motifs is 1. The van der Waals surface area contributed by atoms with Gasteiger partial charge in [0.25, 0.3) is 0 Å². The Hall–Kier alpha value is -2.24. The fourth-order valence-corrected chi connectivity index (χ4v) is 2.91. The van der Waals surface area contributed by atoms with E-state index < -0.39 is 6.04 Å². The molecule has 1 amide bonds. The number of aliphatic hydroxyl groups excluding tert-OH is 1. The summed E-state index contributed by atoms with van der Waals surface area (Å²) in [7, 11) is 0. The minimum atomic E-state index is -0.418. The van der Waals surface area contributed by atoms with Gasteiger partial charge >= 0.3 is 0 Å². The van der Waals surface area contributed by atoms with Crippen molar-refractivity contribution in [1.29, 1.82) is 0 Å². The van der Waals surface area contributed by atoms with Crippen LogP contribution in [0.15, 0.2) is 48.5 Å². The molecule has 2 aromatic carbocycles. The molecule has 2 N–H and O–H groups in total. The van der Waals surface area contributed by atoms with Gasteiger partial charge in [-0.05, 0) is 23.8 Å². The van der Waals surface area contributed by atoms with Crippen molar-refractivity contribution in [3.05, 3.63) is 59.1 Å². The van der Waals surface area contributed by atoms with Gasteiger partial charge in [0, 0.05) is 5.02 Å². The lowest BCUT2D eigenvalue weighted by Gasteiger charge is -2.31. The second kappa shape index (κ2) is 7.55. The molecule has 1 heterocycles. The molecule has 0 radical (unpaired) electrons. The van der Waals surface area contributed by atoms with Gasteiger partial charge in [-0.15, -0.1) is 0 Å². The first-order valence-corrected chi connectivity index (χ1v) is 8.17. The molecule has 126 valence electrons. The molecule has 0 unspecified atom stereocenters. The van der Waals surface area contributed by atoms with E-state index in [1.807, 2.05) is 41.3 Å². The predicted molar refractivity (Wildman–Crippen MR) is 93.6 cm³/mol. The molecule has 0 bridgehead atoms. The van der Waals surface area contributed by atoms with E-state index in [0.717, 1.165) is 17.0 Å². The van der Waals surface area contributed by atoms with Crippen molar-refractivity contribution in [2.24, 2.45) is 0 Å². The molecule has 1 aliphatic rings. The zero-order valence-corrected chi connectivity index (χ0v) is 13.9. The highest BCUT2D eigenvalue weighted by Crippen LogP contribution is 2.33. The molecule has 0 saturated carbocycles. The van der Waals surface area contributed by atoms with Crippen molar-refractivity contribution in [3.63, 3.8) is 0 Å². The molecule has 0 aromatic heterocycles. The normalized spacial score (nSPS) is 14.5. The molecular formula is C18H19ClN2O3. The molecule has 0 saturated heterocycles. The van der Waals surface area contributed by atoms with Gasteiger partial charge in [-0.25, -0.2) is 0 Å². The fraction of sp³-hybridized carbons (Fsp3) is 0.278. The average molecular weight is 347 g/mol. The van der Waals surface area contributed by atoms with Crippen LogP contribution in [0.5, 0.6) is 5.75 Å². The van der Waals surface area contributed by atoms with Crippen LogP contribution in [0, 0.1) is 0 Å². The van der Waals surface area contributed by atoms with Gasteiger partial charge < -0.3 is 20.1 Å². The number of hydrogen-bond donors (Lipinski definition) is 2. The van der Waals surface area contributed by atoms with E-state index >= 15 is 0 Å². The quantitative estimate of drug-likeness (QED) is 0.872. The number of carbonyl (C=O) groups is 1. The average Bonchev–Trinajstić information content (AvgIpc) is 2.61. The van der Waals surface area contributed by atoms with Gasteiger partial charge in [-0.2, -0.15) is 0 Å². The number of aliphatic hydroxyl groups is 1. The summed E-state index contributed by atoms with van der Waals surface area (Å²) in [5.41, 5.74) is 1.68. The van der Waals surface area contributed by atoms with Crippen LogP contribution in [0.4, 0.5) is 5.69 Å². The van der Waals surface area contributed by atoms with Crippen molar-refractivity contribution < 1.29 is 14.6 Å². The third-order valence-corrected chi connectivity index (χ3v) is 4.17. The van der Waals surface area contributed by atoms with Gasteiger partial charge in [0.2, 0.25) is 5.91 Å². The number of amides is 1. The predicted octanol–water partition coefficient (Wildman–Crippen LogP) is 2.39. The Kier molecular flexibility index (Phi) is 5.23. The van der Waals surface area contributed by atoms with Crippen LogP contribution in [0.3, 0.4) is 0 Å². The second-order valence-corrected chi connectivity index (χ2v) is 6.03. The third kappa shape index (κ3) is 3.80. The van der Waals surface area contributed by atoms with Crippen molar-refractivity contribution in [3.8, 4) is 5.75 Å². The highest BCUT2D eigenvalue weighted by Gasteiger charge is 2.22. The number of rotatable bonds is 5.